The highest BCUT2D eigenvalue weighted by atomic mass is 16.2. The molecule has 3 heterocycles. The van der Waals surface area contributed by atoms with Gasteiger partial charge in [0.15, 0.2) is 11.6 Å². The van der Waals surface area contributed by atoms with Crippen LogP contribution in [0.15, 0.2) is 48.9 Å². The molecule has 0 bridgehead atoms. The van der Waals surface area contributed by atoms with E-state index in [9.17, 15) is 4.79 Å². The van der Waals surface area contributed by atoms with Crippen molar-refractivity contribution in [1.29, 1.82) is 0 Å². The van der Waals surface area contributed by atoms with Crippen LogP contribution in [0.3, 0.4) is 0 Å². The van der Waals surface area contributed by atoms with Gasteiger partial charge in [0.25, 0.3) is 0 Å². The summed E-state index contributed by atoms with van der Waals surface area (Å²) in [6, 6.07) is 10.3. The predicted molar refractivity (Wildman–Crippen MR) is 112 cm³/mol. The summed E-state index contributed by atoms with van der Waals surface area (Å²) in [5.41, 5.74) is 3.12. The largest absolute Gasteiger partial charge is 0.342 e. The molecule has 1 amide bonds. The topological polar surface area (TPSA) is 75.1 Å². The summed E-state index contributed by atoms with van der Waals surface area (Å²) in [6.45, 7) is 0.358. The van der Waals surface area contributed by atoms with Gasteiger partial charge in [0.05, 0.1) is 18.4 Å². The van der Waals surface area contributed by atoms with E-state index in [1.54, 1.807) is 30.5 Å². The summed E-state index contributed by atoms with van der Waals surface area (Å²) < 4.78 is 0. The van der Waals surface area contributed by atoms with Crippen LogP contribution < -0.4 is 9.80 Å². The van der Waals surface area contributed by atoms with Gasteiger partial charge in [-0.25, -0.2) is 15.0 Å². The Balaban J connectivity index is 1.63. The third-order valence-corrected chi connectivity index (χ3v) is 5.79. The first-order valence-corrected chi connectivity index (χ1v) is 9.99. The molecule has 0 radical (unpaired) electrons. The van der Waals surface area contributed by atoms with Crippen molar-refractivity contribution in [3.8, 4) is 22.8 Å². The van der Waals surface area contributed by atoms with Gasteiger partial charge in [-0.15, -0.1) is 0 Å². The monoisotopic (exact) mass is 386 g/mol. The van der Waals surface area contributed by atoms with Gasteiger partial charge in [-0.2, -0.15) is 0 Å². The Hall–Kier alpha value is -3.35. The number of carbonyl (C=O) groups excluding carboxylic acids is 1. The summed E-state index contributed by atoms with van der Waals surface area (Å²) >= 11 is 0. The first-order valence-electron chi connectivity index (χ1n) is 9.99. The van der Waals surface area contributed by atoms with Gasteiger partial charge >= 0.3 is 0 Å². The molecule has 2 aliphatic rings. The lowest BCUT2D eigenvalue weighted by atomic mass is 10.1. The summed E-state index contributed by atoms with van der Waals surface area (Å²) in [4.78, 5) is 34.9. The minimum Gasteiger partial charge on any atom is -0.342 e. The van der Waals surface area contributed by atoms with E-state index in [2.05, 4.69) is 19.9 Å². The summed E-state index contributed by atoms with van der Waals surface area (Å²) in [6.07, 6.45) is 9.66. The Bertz CT molecular complexity index is 1050. The molecule has 29 heavy (non-hydrogen) atoms. The van der Waals surface area contributed by atoms with Crippen LogP contribution in [0.5, 0.6) is 0 Å². The van der Waals surface area contributed by atoms with Crippen molar-refractivity contribution in [1.82, 2.24) is 19.9 Å². The molecule has 0 unspecified atom stereocenters. The molecule has 0 N–H and O–H groups in total. The van der Waals surface area contributed by atoms with Crippen LogP contribution in [0.25, 0.3) is 22.8 Å². The molecular weight excluding hydrogens is 364 g/mol. The van der Waals surface area contributed by atoms with Gasteiger partial charge in [0, 0.05) is 31.0 Å². The number of rotatable bonds is 3. The molecule has 0 spiro atoms. The first kappa shape index (κ1) is 17.7. The van der Waals surface area contributed by atoms with Crippen molar-refractivity contribution < 1.29 is 4.79 Å². The molecule has 1 aliphatic carbocycles. The van der Waals surface area contributed by atoms with Gasteiger partial charge in [-0.05, 0) is 12.8 Å². The Morgan fingerprint density at radius 1 is 0.966 bits per heavy atom. The van der Waals surface area contributed by atoms with Crippen LogP contribution in [-0.2, 0) is 4.79 Å². The number of carbonyl (C=O) groups is 1. The number of fused-ring (bicyclic) bond motifs is 1. The lowest BCUT2D eigenvalue weighted by molar-refractivity contribution is -0.117. The number of anilines is 2. The molecule has 0 atom stereocenters. The summed E-state index contributed by atoms with van der Waals surface area (Å²) in [5, 5.41) is 0. The number of aromatic nitrogens is 4. The van der Waals surface area contributed by atoms with E-state index in [0.29, 0.717) is 24.1 Å². The molecule has 1 saturated carbocycles. The van der Waals surface area contributed by atoms with Crippen LogP contribution >= 0.6 is 0 Å². The maximum Gasteiger partial charge on any atom is 0.246 e. The lowest BCUT2D eigenvalue weighted by Crippen LogP contribution is -2.48. The van der Waals surface area contributed by atoms with E-state index in [-0.39, 0.29) is 5.91 Å². The van der Waals surface area contributed by atoms with E-state index in [4.69, 9.17) is 4.98 Å². The highest BCUT2D eigenvalue weighted by Gasteiger charge is 2.34. The average Bonchev–Trinajstić information content (AvgIpc) is 3.31. The van der Waals surface area contributed by atoms with E-state index in [1.165, 1.54) is 12.8 Å². The highest BCUT2D eigenvalue weighted by Crippen LogP contribution is 2.37. The molecule has 1 aliphatic heterocycles. The second-order valence-corrected chi connectivity index (χ2v) is 7.54. The lowest BCUT2D eigenvalue weighted by Gasteiger charge is -2.37. The fourth-order valence-corrected chi connectivity index (χ4v) is 4.22. The minimum atomic E-state index is 0.0743. The zero-order valence-electron chi connectivity index (χ0n) is 16.3. The van der Waals surface area contributed by atoms with E-state index in [0.717, 1.165) is 35.6 Å². The van der Waals surface area contributed by atoms with Crippen molar-refractivity contribution in [2.75, 3.05) is 23.4 Å². The first-order chi connectivity index (χ1) is 14.2. The SMILES string of the molecule is CN1C(=O)CN(C2CCCC2)c2nc(-c3nccnc3-c3ccccc3)ncc21. The van der Waals surface area contributed by atoms with Gasteiger partial charge in [-0.3, -0.25) is 9.78 Å². The average molecular weight is 386 g/mol. The van der Waals surface area contributed by atoms with Crippen LogP contribution in [0.1, 0.15) is 25.7 Å². The third kappa shape index (κ3) is 3.12. The Morgan fingerprint density at radius 3 is 2.45 bits per heavy atom. The molecular formula is C22H22N6O. The normalized spacial score (nSPS) is 16.9. The van der Waals surface area contributed by atoms with Crippen LogP contribution in [0.2, 0.25) is 0 Å². The Labute approximate surface area is 169 Å². The van der Waals surface area contributed by atoms with Crippen molar-refractivity contribution in [3.63, 3.8) is 0 Å². The fraction of sp³-hybridized carbons (Fsp3) is 0.318. The molecule has 0 saturated heterocycles. The van der Waals surface area contributed by atoms with Gasteiger partial charge in [0.2, 0.25) is 5.91 Å². The van der Waals surface area contributed by atoms with Crippen LogP contribution in [0, 0.1) is 0 Å². The Kier molecular flexibility index (Phi) is 4.42. The summed E-state index contributed by atoms with van der Waals surface area (Å²) in [7, 11) is 1.79. The zero-order valence-corrected chi connectivity index (χ0v) is 16.3. The van der Waals surface area contributed by atoms with Gasteiger partial charge in [0.1, 0.15) is 11.4 Å². The molecule has 7 nitrogen and oxygen atoms in total. The number of benzene rings is 1. The molecule has 5 rings (SSSR count). The van der Waals surface area contributed by atoms with Gasteiger partial charge in [-0.1, -0.05) is 43.2 Å². The number of hydrogen-bond acceptors (Lipinski definition) is 6. The van der Waals surface area contributed by atoms with Crippen LogP contribution in [0.4, 0.5) is 11.5 Å². The molecule has 7 heteroatoms. The zero-order chi connectivity index (χ0) is 19.8. The fourth-order valence-electron chi connectivity index (χ4n) is 4.22. The third-order valence-electron chi connectivity index (χ3n) is 5.79. The quantitative estimate of drug-likeness (QED) is 0.687. The maximum atomic E-state index is 12.5. The van der Waals surface area contributed by atoms with Gasteiger partial charge < -0.3 is 9.80 Å². The number of nitrogens with zero attached hydrogens (tertiary/aromatic N) is 6. The molecule has 3 aromatic rings. The molecule has 146 valence electrons. The standard InChI is InChI=1S/C22H22N6O/c1-27-17-13-25-21(20-19(23-11-12-24-20)15-7-3-2-4-8-15)26-22(17)28(14-18(27)29)16-9-5-6-10-16/h2-4,7-8,11-13,16H,5-6,9-10,14H2,1H3. The van der Waals surface area contributed by atoms with Crippen molar-refractivity contribution in [2.24, 2.45) is 0 Å². The second-order valence-electron chi connectivity index (χ2n) is 7.54. The van der Waals surface area contributed by atoms with Crippen molar-refractivity contribution >= 4 is 17.4 Å². The van der Waals surface area contributed by atoms with Crippen molar-refractivity contribution in [2.45, 2.75) is 31.7 Å². The van der Waals surface area contributed by atoms with E-state index >= 15 is 0 Å². The smallest absolute Gasteiger partial charge is 0.246 e. The predicted octanol–water partition coefficient (Wildman–Crippen LogP) is 3.33. The number of amides is 1. The molecule has 1 aromatic carbocycles. The molecule has 1 fully saturated rings. The highest BCUT2D eigenvalue weighted by molar-refractivity contribution is 6.02. The van der Waals surface area contributed by atoms with Crippen molar-refractivity contribution in [3.05, 3.63) is 48.9 Å². The maximum absolute atomic E-state index is 12.5. The van der Waals surface area contributed by atoms with E-state index in [1.807, 2.05) is 30.3 Å². The summed E-state index contributed by atoms with van der Waals surface area (Å²) in [5.74, 6) is 1.42. The molecule has 2 aromatic heterocycles. The Morgan fingerprint density at radius 2 is 1.69 bits per heavy atom. The second kappa shape index (κ2) is 7.24. The van der Waals surface area contributed by atoms with Crippen LogP contribution in [-0.4, -0.2) is 45.5 Å². The van der Waals surface area contributed by atoms with E-state index < -0.39 is 0 Å². The number of likely N-dealkylation sites (N-methyl/N-ethyl adjacent to an activating group) is 1. The number of hydrogen-bond donors (Lipinski definition) is 0. The minimum absolute atomic E-state index is 0.0743.